The van der Waals surface area contributed by atoms with E-state index in [4.69, 9.17) is 0 Å². The molecule has 2 heterocycles. The number of aromatic nitrogens is 4. The third kappa shape index (κ3) is 2.90. The molecule has 0 saturated heterocycles. The Morgan fingerprint density at radius 2 is 2.00 bits per heavy atom. The van der Waals surface area contributed by atoms with Crippen LogP contribution in [0.3, 0.4) is 0 Å². The zero-order valence-electron chi connectivity index (χ0n) is 9.14. The summed E-state index contributed by atoms with van der Waals surface area (Å²) in [5.74, 6) is 2.00. The Morgan fingerprint density at radius 3 is 2.65 bits per heavy atom. The summed E-state index contributed by atoms with van der Waals surface area (Å²) in [4.78, 5) is 12.1. The van der Waals surface area contributed by atoms with Crippen molar-refractivity contribution < 1.29 is 4.52 Å². The van der Waals surface area contributed by atoms with Crippen LogP contribution in [0.4, 0.5) is 11.6 Å². The van der Waals surface area contributed by atoms with Crippen LogP contribution in [0.2, 0.25) is 0 Å². The fourth-order valence-corrected chi connectivity index (χ4v) is 1.70. The highest BCUT2D eigenvalue weighted by Gasteiger charge is 2.08. The third-order valence-corrected chi connectivity index (χ3v) is 2.71. The molecule has 2 aromatic rings. The Bertz CT molecular complexity index is 474. The number of hydrogen-bond donors (Lipinski definition) is 2. The summed E-state index contributed by atoms with van der Waals surface area (Å²) < 4.78 is 5.42. The molecular weight excluding hydrogens is 288 g/mol. The highest BCUT2D eigenvalue weighted by molar-refractivity contribution is 9.10. The Balaban J connectivity index is 2.07. The molecule has 0 bridgehead atoms. The van der Waals surface area contributed by atoms with Gasteiger partial charge in [-0.3, -0.25) is 0 Å². The highest BCUT2D eigenvalue weighted by Crippen LogP contribution is 2.26. The van der Waals surface area contributed by atoms with Crippen LogP contribution in [0.15, 0.2) is 21.7 Å². The van der Waals surface area contributed by atoms with E-state index in [0.29, 0.717) is 18.2 Å². The summed E-state index contributed by atoms with van der Waals surface area (Å²) in [6.45, 7) is 3.23. The van der Waals surface area contributed by atoms with Crippen molar-refractivity contribution in [1.82, 2.24) is 20.1 Å². The monoisotopic (exact) mass is 298 g/mol. The predicted octanol–water partition coefficient (Wildman–Crippen LogP) is 1.67. The summed E-state index contributed by atoms with van der Waals surface area (Å²) >= 11 is 3.43. The number of hydrogen-bond acceptors (Lipinski definition) is 7. The number of nitrogens with one attached hydrogen (secondary N) is 2. The summed E-state index contributed by atoms with van der Waals surface area (Å²) in [5, 5.41) is 9.91. The van der Waals surface area contributed by atoms with E-state index in [9.17, 15) is 0 Å². The van der Waals surface area contributed by atoms with Crippen LogP contribution in [0.5, 0.6) is 0 Å². The van der Waals surface area contributed by atoms with Crippen LogP contribution in [0.25, 0.3) is 0 Å². The molecule has 0 aliphatic carbocycles. The van der Waals surface area contributed by atoms with Crippen molar-refractivity contribution >= 4 is 27.6 Å². The van der Waals surface area contributed by atoms with Gasteiger partial charge in [-0.2, -0.15) is 4.98 Å². The second kappa shape index (κ2) is 5.58. The lowest BCUT2D eigenvalue weighted by Gasteiger charge is -2.09. The molecule has 0 spiro atoms. The minimum atomic E-state index is 0.442. The van der Waals surface area contributed by atoms with Gasteiger partial charge < -0.3 is 15.2 Å². The van der Waals surface area contributed by atoms with E-state index in [1.807, 2.05) is 6.92 Å². The Hall–Kier alpha value is -1.70. The molecule has 0 aromatic carbocycles. The van der Waals surface area contributed by atoms with Gasteiger partial charge in [0.05, 0.1) is 6.54 Å². The van der Waals surface area contributed by atoms with E-state index >= 15 is 0 Å². The van der Waals surface area contributed by atoms with Crippen LogP contribution in [0, 0.1) is 0 Å². The van der Waals surface area contributed by atoms with Crippen molar-refractivity contribution in [3.05, 3.63) is 23.0 Å². The van der Waals surface area contributed by atoms with Gasteiger partial charge in [0, 0.05) is 6.54 Å². The lowest BCUT2D eigenvalue weighted by atomic mass is 10.5. The van der Waals surface area contributed by atoms with Gasteiger partial charge in [0.25, 0.3) is 0 Å². The standard InChI is InChI=1S/C9H11BrN6O/c1-2-11-8-7(10)9(14-4-13-8)12-3-6-15-5-17-16-6/h4-5H,2-3H2,1H3,(H2,11,12,13,14). The molecule has 17 heavy (non-hydrogen) atoms. The lowest BCUT2D eigenvalue weighted by Crippen LogP contribution is -2.07. The van der Waals surface area contributed by atoms with E-state index in [1.165, 1.54) is 12.7 Å². The molecule has 2 N–H and O–H groups in total. The predicted molar refractivity (Wildman–Crippen MR) is 65.5 cm³/mol. The van der Waals surface area contributed by atoms with E-state index in [0.717, 1.165) is 16.8 Å². The van der Waals surface area contributed by atoms with Crippen molar-refractivity contribution in [2.24, 2.45) is 0 Å². The van der Waals surface area contributed by atoms with Gasteiger partial charge in [0.15, 0.2) is 5.82 Å². The van der Waals surface area contributed by atoms with Gasteiger partial charge in [0.2, 0.25) is 6.39 Å². The largest absolute Gasteiger partial charge is 0.369 e. The number of halogens is 1. The SMILES string of the molecule is CCNc1ncnc(NCc2ncon2)c1Br. The summed E-state index contributed by atoms with van der Waals surface area (Å²) in [5.41, 5.74) is 0. The average molecular weight is 299 g/mol. The molecule has 0 aliphatic heterocycles. The Labute approximate surface area is 106 Å². The zero-order valence-corrected chi connectivity index (χ0v) is 10.7. The minimum absolute atomic E-state index is 0.442. The van der Waals surface area contributed by atoms with Gasteiger partial charge in [-0.05, 0) is 22.9 Å². The quantitative estimate of drug-likeness (QED) is 0.868. The fraction of sp³-hybridized carbons (Fsp3) is 0.333. The highest BCUT2D eigenvalue weighted by atomic mass is 79.9. The molecule has 0 amide bonds. The first-order valence-electron chi connectivity index (χ1n) is 5.04. The van der Waals surface area contributed by atoms with E-state index < -0.39 is 0 Å². The van der Waals surface area contributed by atoms with E-state index in [1.54, 1.807) is 0 Å². The van der Waals surface area contributed by atoms with Gasteiger partial charge in [0.1, 0.15) is 22.4 Å². The average Bonchev–Trinajstić information content (AvgIpc) is 2.83. The molecule has 8 heteroatoms. The summed E-state index contributed by atoms with van der Waals surface area (Å²) in [7, 11) is 0. The molecule has 7 nitrogen and oxygen atoms in total. The van der Waals surface area contributed by atoms with Crippen LogP contribution in [-0.4, -0.2) is 26.7 Å². The first kappa shape index (κ1) is 11.8. The maximum atomic E-state index is 4.64. The van der Waals surface area contributed by atoms with Crippen molar-refractivity contribution in [3.63, 3.8) is 0 Å². The Kier molecular flexibility index (Phi) is 3.86. The maximum absolute atomic E-state index is 4.64. The smallest absolute Gasteiger partial charge is 0.213 e. The molecule has 90 valence electrons. The molecule has 2 aromatic heterocycles. The van der Waals surface area contributed by atoms with Crippen molar-refractivity contribution in [2.75, 3.05) is 17.2 Å². The molecule has 0 radical (unpaired) electrons. The van der Waals surface area contributed by atoms with Crippen LogP contribution >= 0.6 is 15.9 Å². The molecule has 0 unspecified atom stereocenters. The molecule has 0 saturated carbocycles. The number of nitrogens with zero attached hydrogens (tertiary/aromatic N) is 4. The molecule has 0 fully saturated rings. The first-order valence-corrected chi connectivity index (χ1v) is 5.84. The van der Waals surface area contributed by atoms with Gasteiger partial charge >= 0.3 is 0 Å². The van der Waals surface area contributed by atoms with Crippen LogP contribution in [0.1, 0.15) is 12.7 Å². The number of rotatable bonds is 5. The van der Waals surface area contributed by atoms with Crippen molar-refractivity contribution in [1.29, 1.82) is 0 Å². The zero-order chi connectivity index (χ0) is 12.1. The molecule has 2 rings (SSSR count). The minimum Gasteiger partial charge on any atom is -0.369 e. The van der Waals surface area contributed by atoms with Crippen molar-refractivity contribution in [2.45, 2.75) is 13.5 Å². The molecule has 0 atom stereocenters. The van der Waals surface area contributed by atoms with Gasteiger partial charge in [-0.15, -0.1) is 0 Å². The van der Waals surface area contributed by atoms with Crippen LogP contribution < -0.4 is 10.6 Å². The Morgan fingerprint density at radius 1 is 1.24 bits per heavy atom. The van der Waals surface area contributed by atoms with E-state index in [2.05, 4.69) is 51.2 Å². The fourth-order valence-electron chi connectivity index (χ4n) is 1.22. The maximum Gasteiger partial charge on any atom is 0.213 e. The second-order valence-electron chi connectivity index (χ2n) is 3.12. The summed E-state index contributed by atoms with van der Waals surface area (Å²) in [6, 6.07) is 0. The van der Waals surface area contributed by atoms with E-state index in [-0.39, 0.29) is 0 Å². The van der Waals surface area contributed by atoms with Crippen LogP contribution in [-0.2, 0) is 6.54 Å². The lowest BCUT2D eigenvalue weighted by molar-refractivity contribution is 0.411. The molecule has 0 aliphatic rings. The normalized spacial score (nSPS) is 10.2. The van der Waals surface area contributed by atoms with Gasteiger partial charge in [-0.1, -0.05) is 5.16 Å². The van der Waals surface area contributed by atoms with Crippen molar-refractivity contribution in [3.8, 4) is 0 Å². The molecular formula is C9H11BrN6O. The second-order valence-corrected chi connectivity index (χ2v) is 3.91. The third-order valence-electron chi connectivity index (χ3n) is 1.95. The van der Waals surface area contributed by atoms with Gasteiger partial charge in [-0.25, -0.2) is 9.97 Å². The summed E-state index contributed by atoms with van der Waals surface area (Å²) in [6.07, 6.45) is 2.78. The number of anilines is 2. The first-order chi connectivity index (χ1) is 8.31. The topological polar surface area (TPSA) is 88.8 Å².